The number of anilines is 2. The second-order valence-corrected chi connectivity index (χ2v) is 9.76. The number of nitro groups is 1. The molecule has 2 aromatic rings. The molecule has 1 N–H and O–H groups in total. The number of nitrogens with zero attached hydrogens (tertiary/aromatic N) is 2. The average Bonchev–Trinajstić information content (AvgIpc) is 3.26. The van der Waals surface area contributed by atoms with E-state index in [1.54, 1.807) is 7.11 Å². The van der Waals surface area contributed by atoms with Crippen LogP contribution in [0.3, 0.4) is 0 Å². The minimum Gasteiger partial charge on any atom is -0.495 e. The molecule has 1 saturated heterocycles. The standard InChI is InChI=1S/C17H21N3O5S2/c1-25-15-6-4-3-5-13(15)19-8-7-12(11-19)10-18-17-14(20(21)22)9-16(26-17)27(2,23)24/h3-6,9,12,18H,7-8,10-11H2,1-2H3. The summed E-state index contributed by atoms with van der Waals surface area (Å²) >= 11 is 0.907. The van der Waals surface area contributed by atoms with Gasteiger partial charge < -0.3 is 15.0 Å². The zero-order chi connectivity index (χ0) is 19.6. The predicted octanol–water partition coefficient (Wildman–Crippen LogP) is 3.01. The number of hydrogen-bond donors (Lipinski definition) is 1. The maximum absolute atomic E-state index is 11.7. The molecule has 0 saturated carbocycles. The number of para-hydroxylation sites is 2. The van der Waals surface area contributed by atoms with Gasteiger partial charge in [0.25, 0.3) is 0 Å². The Kier molecular flexibility index (Phi) is 5.56. The number of sulfone groups is 1. The number of methoxy groups -OCH3 is 1. The van der Waals surface area contributed by atoms with E-state index in [0.29, 0.717) is 12.5 Å². The molecule has 1 aliphatic rings. The Morgan fingerprint density at radius 3 is 2.81 bits per heavy atom. The highest BCUT2D eigenvalue weighted by atomic mass is 32.2. The van der Waals surface area contributed by atoms with Crippen molar-refractivity contribution in [2.45, 2.75) is 10.6 Å². The van der Waals surface area contributed by atoms with Gasteiger partial charge >= 0.3 is 5.69 Å². The fourth-order valence-corrected chi connectivity index (χ4v) is 5.10. The van der Waals surface area contributed by atoms with E-state index in [9.17, 15) is 18.5 Å². The second-order valence-electron chi connectivity index (χ2n) is 6.46. The Bertz CT molecular complexity index is 942. The number of ether oxygens (including phenoxy) is 1. The van der Waals surface area contributed by atoms with Crippen LogP contribution >= 0.6 is 11.3 Å². The molecule has 0 radical (unpaired) electrons. The maximum atomic E-state index is 11.7. The molecule has 146 valence electrons. The quantitative estimate of drug-likeness (QED) is 0.552. The molecule has 10 heteroatoms. The van der Waals surface area contributed by atoms with Gasteiger partial charge in [-0.25, -0.2) is 8.42 Å². The SMILES string of the molecule is COc1ccccc1N1CCC(CNc2sc(S(C)(=O)=O)cc2[N+](=O)[O-])C1. The molecule has 0 bridgehead atoms. The minimum absolute atomic E-state index is 0.00114. The molecule has 27 heavy (non-hydrogen) atoms. The third-order valence-corrected chi connectivity index (χ3v) is 7.40. The first-order valence-electron chi connectivity index (χ1n) is 8.39. The van der Waals surface area contributed by atoms with Crippen LogP contribution in [0, 0.1) is 16.0 Å². The summed E-state index contributed by atoms with van der Waals surface area (Å²) in [4.78, 5) is 12.9. The largest absolute Gasteiger partial charge is 0.495 e. The van der Waals surface area contributed by atoms with Gasteiger partial charge in [-0.05, 0) is 24.5 Å². The lowest BCUT2D eigenvalue weighted by Gasteiger charge is -2.21. The van der Waals surface area contributed by atoms with Gasteiger partial charge in [-0.15, -0.1) is 0 Å². The molecule has 3 rings (SSSR count). The number of benzene rings is 1. The van der Waals surface area contributed by atoms with E-state index in [2.05, 4.69) is 10.2 Å². The van der Waals surface area contributed by atoms with Gasteiger partial charge in [0, 0.05) is 32.0 Å². The third kappa shape index (κ3) is 4.33. The van der Waals surface area contributed by atoms with Gasteiger partial charge in [0.05, 0.1) is 17.7 Å². The van der Waals surface area contributed by atoms with Crippen molar-refractivity contribution in [2.24, 2.45) is 5.92 Å². The van der Waals surface area contributed by atoms with Gasteiger partial charge in [-0.2, -0.15) is 0 Å². The van der Waals surface area contributed by atoms with Crippen LogP contribution in [-0.2, 0) is 9.84 Å². The van der Waals surface area contributed by atoms with E-state index >= 15 is 0 Å². The van der Waals surface area contributed by atoms with Gasteiger partial charge in [0.15, 0.2) is 14.8 Å². The molecular weight excluding hydrogens is 390 g/mol. The first-order chi connectivity index (χ1) is 12.8. The third-order valence-electron chi connectivity index (χ3n) is 4.52. The average molecular weight is 412 g/mol. The summed E-state index contributed by atoms with van der Waals surface area (Å²) in [6.45, 7) is 2.20. The molecule has 2 heterocycles. The van der Waals surface area contributed by atoms with Crippen LogP contribution in [0.15, 0.2) is 34.5 Å². The highest BCUT2D eigenvalue weighted by Gasteiger charge is 2.27. The first-order valence-corrected chi connectivity index (χ1v) is 11.1. The van der Waals surface area contributed by atoms with Gasteiger partial charge in [0.1, 0.15) is 9.96 Å². The van der Waals surface area contributed by atoms with Crippen LogP contribution < -0.4 is 15.0 Å². The summed E-state index contributed by atoms with van der Waals surface area (Å²) in [6, 6.07) is 8.94. The van der Waals surface area contributed by atoms with Crippen molar-refractivity contribution < 1.29 is 18.1 Å². The molecule has 1 atom stereocenters. The lowest BCUT2D eigenvalue weighted by Crippen LogP contribution is -2.22. The molecule has 0 aliphatic carbocycles. The zero-order valence-electron chi connectivity index (χ0n) is 15.0. The number of hydrogen-bond acceptors (Lipinski definition) is 8. The molecule has 0 amide bonds. The number of thiophene rings is 1. The van der Waals surface area contributed by atoms with E-state index in [0.717, 1.165) is 54.6 Å². The first kappa shape index (κ1) is 19.4. The highest BCUT2D eigenvalue weighted by molar-refractivity contribution is 7.92. The Labute approximate surface area is 161 Å². The number of rotatable bonds is 7. The lowest BCUT2D eigenvalue weighted by molar-refractivity contribution is -0.383. The summed E-state index contributed by atoms with van der Waals surface area (Å²) < 4.78 is 28.8. The molecule has 1 aromatic heterocycles. The Balaban J connectivity index is 1.68. The van der Waals surface area contributed by atoms with Crippen molar-refractivity contribution in [3.63, 3.8) is 0 Å². The topological polar surface area (TPSA) is 102 Å². The van der Waals surface area contributed by atoms with Crippen LogP contribution in [0.5, 0.6) is 5.75 Å². The fraction of sp³-hybridized carbons (Fsp3) is 0.412. The van der Waals surface area contributed by atoms with Crippen LogP contribution in [0.1, 0.15) is 6.42 Å². The molecule has 0 spiro atoms. The molecule has 1 aliphatic heterocycles. The van der Waals surface area contributed by atoms with Crippen molar-refractivity contribution in [1.82, 2.24) is 0 Å². The Morgan fingerprint density at radius 2 is 2.15 bits per heavy atom. The van der Waals surface area contributed by atoms with E-state index in [-0.39, 0.29) is 14.9 Å². The summed E-state index contributed by atoms with van der Waals surface area (Å²) in [7, 11) is -1.83. The molecule has 8 nitrogen and oxygen atoms in total. The van der Waals surface area contributed by atoms with Crippen LogP contribution in [0.4, 0.5) is 16.4 Å². The van der Waals surface area contributed by atoms with E-state index in [4.69, 9.17) is 4.74 Å². The van der Waals surface area contributed by atoms with Crippen LogP contribution in [-0.4, -0.2) is 46.3 Å². The predicted molar refractivity (Wildman–Crippen MR) is 106 cm³/mol. The smallest absolute Gasteiger partial charge is 0.304 e. The van der Waals surface area contributed by atoms with Crippen molar-refractivity contribution in [3.8, 4) is 5.75 Å². The van der Waals surface area contributed by atoms with Gasteiger partial charge in [-0.1, -0.05) is 23.5 Å². The van der Waals surface area contributed by atoms with Crippen molar-refractivity contribution in [3.05, 3.63) is 40.4 Å². The van der Waals surface area contributed by atoms with E-state index < -0.39 is 14.8 Å². The van der Waals surface area contributed by atoms with Crippen LogP contribution in [0.25, 0.3) is 0 Å². The lowest BCUT2D eigenvalue weighted by atomic mass is 10.1. The summed E-state index contributed by atoms with van der Waals surface area (Å²) in [6.07, 6.45) is 1.98. The van der Waals surface area contributed by atoms with Crippen LogP contribution in [0.2, 0.25) is 0 Å². The monoisotopic (exact) mass is 411 g/mol. The number of nitrogens with one attached hydrogen (secondary N) is 1. The fourth-order valence-electron chi connectivity index (χ4n) is 3.15. The second kappa shape index (κ2) is 7.73. The van der Waals surface area contributed by atoms with E-state index in [1.165, 1.54) is 0 Å². The van der Waals surface area contributed by atoms with Crippen molar-refractivity contribution >= 4 is 37.5 Å². The van der Waals surface area contributed by atoms with Gasteiger partial charge in [0.2, 0.25) is 0 Å². The molecule has 1 aromatic carbocycles. The normalized spacial score (nSPS) is 17.1. The maximum Gasteiger partial charge on any atom is 0.304 e. The Hall–Kier alpha value is -2.33. The molecular formula is C17H21N3O5S2. The minimum atomic E-state index is -3.48. The molecule has 1 unspecified atom stereocenters. The summed E-state index contributed by atoms with van der Waals surface area (Å²) in [5.74, 6) is 1.11. The molecule has 1 fully saturated rings. The summed E-state index contributed by atoms with van der Waals surface area (Å²) in [5.41, 5.74) is 0.837. The van der Waals surface area contributed by atoms with Crippen molar-refractivity contribution in [1.29, 1.82) is 0 Å². The van der Waals surface area contributed by atoms with Crippen molar-refractivity contribution in [2.75, 3.05) is 43.2 Å². The van der Waals surface area contributed by atoms with E-state index in [1.807, 2.05) is 24.3 Å². The zero-order valence-corrected chi connectivity index (χ0v) is 16.7. The highest BCUT2D eigenvalue weighted by Crippen LogP contribution is 2.38. The van der Waals surface area contributed by atoms with Gasteiger partial charge in [-0.3, -0.25) is 10.1 Å². The Morgan fingerprint density at radius 1 is 1.41 bits per heavy atom. The summed E-state index contributed by atoms with van der Waals surface area (Å²) in [5, 5.41) is 14.6.